The van der Waals surface area contributed by atoms with E-state index in [4.69, 9.17) is 5.41 Å². The number of anilines is 1. The molecule has 1 aromatic carbocycles. The summed E-state index contributed by atoms with van der Waals surface area (Å²) in [5.74, 6) is 0.391. The molecule has 2 N–H and O–H groups in total. The summed E-state index contributed by atoms with van der Waals surface area (Å²) < 4.78 is 3.79. The second kappa shape index (κ2) is 10.0. The number of rotatable bonds is 7. The van der Waals surface area contributed by atoms with Crippen LogP contribution in [0.3, 0.4) is 0 Å². The van der Waals surface area contributed by atoms with Gasteiger partial charge in [-0.25, -0.2) is 4.98 Å². The van der Waals surface area contributed by atoms with Gasteiger partial charge in [0, 0.05) is 18.5 Å². The van der Waals surface area contributed by atoms with Crippen LogP contribution in [0.15, 0.2) is 69.9 Å². The molecule has 4 heterocycles. The number of carbonyl (C=O) groups excluding carboxylic acids is 1. The Hall–Kier alpha value is -3.83. The van der Waals surface area contributed by atoms with Crippen LogP contribution in [0.25, 0.3) is 16.7 Å². The van der Waals surface area contributed by atoms with Crippen molar-refractivity contribution in [2.45, 2.75) is 30.5 Å². The molecule has 0 aliphatic rings. The summed E-state index contributed by atoms with van der Waals surface area (Å²) in [5, 5.41) is 20.4. The predicted molar refractivity (Wildman–Crippen MR) is 142 cm³/mol. The van der Waals surface area contributed by atoms with Crippen LogP contribution in [0, 0.1) is 11.3 Å². The maximum absolute atomic E-state index is 13.3. The molecule has 36 heavy (non-hydrogen) atoms. The fraction of sp³-hybridized carbons (Fsp3) is 0.200. The molecule has 4 aromatic heterocycles. The minimum absolute atomic E-state index is 0.0101. The summed E-state index contributed by atoms with van der Waals surface area (Å²) in [6.07, 6.45) is 1.64. The average Bonchev–Trinajstić information content (AvgIpc) is 3.32. The first-order valence-electron chi connectivity index (χ1n) is 11.3. The summed E-state index contributed by atoms with van der Waals surface area (Å²) in [5.41, 5.74) is 1.81. The number of benzene rings is 1. The molecule has 0 atom stereocenters. The first-order valence-corrected chi connectivity index (χ1v) is 13.1. The Balaban J connectivity index is 1.48. The summed E-state index contributed by atoms with van der Waals surface area (Å²) in [7, 11) is 0. The molecule has 0 fully saturated rings. The van der Waals surface area contributed by atoms with Crippen molar-refractivity contribution in [3.8, 4) is 0 Å². The molecular weight excluding hydrogens is 494 g/mol. The maximum atomic E-state index is 13.3. The molecule has 9 nitrogen and oxygen atoms in total. The Bertz CT molecular complexity index is 1690. The van der Waals surface area contributed by atoms with Gasteiger partial charge < -0.3 is 4.57 Å². The molecule has 0 aliphatic carbocycles. The van der Waals surface area contributed by atoms with Crippen LogP contribution in [0.5, 0.6) is 0 Å². The van der Waals surface area contributed by atoms with Crippen LogP contribution in [0.1, 0.15) is 29.8 Å². The van der Waals surface area contributed by atoms with E-state index in [0.29, 0.717) is 23.0 Å². The highest BCUT2D eigenvalue weighted by atomic mass is 32.2. The Morgan fingerprint density at radius 3 is 2.69 bits per heavy atom. The minimum Gasteiger partial charge on any atom is -0.310 e. The normalized spacial score (nSPS) is 11.4. The standard InChI is InChI=1S/C25H23N7O2S2/c1-15(2)13-32-20(26)17(12-18-21(32)27-19-10-6-7-11-31(19)23(18)34)22(33)28-24-29-30-25(36-24)35-14-16-8-4-3-5-9-16/h3-12,15,26H,13-14H2,1-2H3,(H,28,29,33). The lowest BCUT2D eigenvalue weighted by molar-refractivity contribution is 0.102. The number of nitrogens with one attached hydrogen (secondary N) is 2. The van der Waals surface area contributed by atoms with Gasteiger partial charge in [-0.1, -0.05) is 73.3 Å². The van der Waals surface area contributed by atoms with Crippen molar-refractivity contribution in [2.75, 3.05) is 5.32 Å². The second-order valence-corrected chi connectivity index (χ2v) is 10.8. The molecule has 0 aliphatic heterocycles. The Morgan fingerprint density at radius 2 is 1.92 bits per heavy atom. The fourth-order valence-electron chi connectivity index (χ4n) is 3.81. The van der Waals surface area contributed by atoms with Gasteiger partial charge in [0.25, 0.3) is 11.5 Å². The van der Waals surface area contributed by atoms with E-state index in [0.717, 1.165) is 10.1 Å². The number of hydrogen-bond donors (Lipinski definition) is 2. The van der Waals surface area contributed by atoms with Crippen LogP contribution in [-0.2, 0) is 12.3 Å². The van der Waals surface area contributed by atoms with Gasteiger partial charge in [0.05, 0.1) is 10.9 Å². The van der Waals surface area contributed by atoms with E-state index in [1.165, 1.54) is 39.1 Å². The first kappa shape index (κ1) is 23.9. The zero-order chi connectivity index (χ0) is 25.2. The lowest BCUT2D eigenvalue weighted by Gasteiger charge is -2.16. The fourth-order valence-corrected chi connectivity index (χ4v) is 5.51. The van der Waals surface area contributed by atoms with E-state index in [1.54, 1.807) is 29.0 Å². The van der Waals surface area contributed by atoms with Crippen LogP contribution in [0.2, 0.25) is 0 Å². The monoisotopic (exact) mass is 517 g/mol. The number of fused-ring (bicyclic) bond motifs is 2. The average molecular weight is 518 g/mol. The van der Waals surface area contributed by atoms with Gasteiger partial charge in [0.2, 0.25) is 5.13 Å². The van der Waals surface area contributed by atoms with Gasteiger partial charge in [-0.3, -0.25) is 24.7 Å². The zero-order valence-corrected chi connectivity index (χ0v) is 21.3. The molecule has 0 radical (unpaired) electrons. The van der Waals surface area contributed by atoms with Gasteiger partial charge in [0.15, 0.2) is 4.34 Å². The van der Waals surface area contributed by atoms with Crippen molar-refractivity contribution in [1.82, 2.24) is 24.1 Å². The van der Waals surface area contributed by atoms with Crippen LogP contribution >= 0.6 is 23.1 Å². The second-order valence-electron chi connectivity index (χ2n) is 8.60. The molecule has 0 saturated carbocycles. The maximum Gasteiger partial charge on any atom is 0.267 e. The number of pyridine rings is 2. The van der Waals surface area contributed by atoms with Crippen LogP contribution < -0.4 is 16.4 Å². The highest BCUT2D eigenvalue weighted by Gasteiger charge is 2.19. The highest BCUT2D eigenvalue weighted by molar-refractivity contribution is 8.00. The number of thioether (sulfide) groups is 1. The molecule has 5 rings (SSSR count). The summed E-state index contributed by atoms with van der Waals surface area (Å²) in [6, 6.07) is 16.8. The van der Waals surface area contributed by atoms with E-state index in [-0.39, 0.29) is 27.9 Å². The highest BCUT2D eigenvalue weighted by Crippen LogP contribution is 2.28. The van der Waals surface area contributed by atoms with E-state index in [2.05, 4.69) is 20.5 Å². The van der Waals surface area contributed by atoms with E-state index < -0.39 is 5.91 Å². The predicted octanol–water partition coefficient (Wildman–Crippen LogP) is 4.18. The summed E-state index contributed by atoms with van der Waals surface area (Å²) >= 11 is 2.80. The van der Waals surface area contributed by atoms with E-state index in [1.807, 2.05) is 44.2 Å². The van der Waals surface area contributed by atoms with Crippen LogP contribution in [-0.4, -0.2) is 30.1 Å². The van der Waals surface area contributed by atoms with Crippen molar-refractivity contribution >= 4 is 50.8 Å². The molecule has 0 bridgehead atoms. The number of hydrogen-bond acceptors (Lipinski definition) is 8. The van der Waals surface area contributed by atoms with Crippen LogP contribution in [0.4, 0.5) is 5.13 Å². The van der Waals surface area contributed by atoms with Gasteiger partial charge in [-0.05, 0) is 29.7 Å². The molecule has 0 unspecified atom stereocenters. The Labute approximate surface area is 214 Å². The topological polar surface area (TPSA) is 118 Å². The van der Waals surface area contributed by atoms with Gasteiger partial charge >= 0.3 is 0 Å². The van der Waals surface area contributed by atoms with Gasteiger partial charge in [-0.2, -0.15) is 0 Å². The number of aromatic nitrogens is 5. The smallest absolute Gasteiger partial charge is 0.267 e. The third kappa shape index (κ3) is 4.79. The van der Waals surface area contributed by atoms with Crippen molar-refractivity contribution in [2.24, 2.45) is 5.92 Å². The van der Waals surface area contributed by atoms with Crippen molar-refractivity contribution in [3.63, 3.8) is 0 Å². The zero-order valence-electron chi connectivity index (χ0n) is 19.6. The number of amides is 1. The number of nitrogens with zero attached hydrogens (tertiary/aromatic N) is 5. The Morgan fingerprint density at radius 1 is 1.14 bits per heavy atom. The lowest BCUT2D eigenvalue weighted by Crippen LogP contribution is -2.33. The van der Waals surface area contributed by atoms with Gasteiger partial charge in [0.1, 0.15) is 16.8 Å². The quantitative estimate of drug-likeness (QED) is 0.190. The van der Waals surface area contributed by atoms with E-state index >= 15 is 0 Å². The first-order chi connectivity index (χ1) is 17.4. The summed E-state index contributed by atoms with van der Waals surface area (Å²) in [6.45, 7) is 4.45. The number of carbonyl (C=O) groups is 1. The Kier molecular flexibility index (Phi) is 6.66. The van der Waals surface area contributed by atoms with Gasteiger partial charge in [-0.15, -0.1) is 10.2 Å². The molecule has 11 heteroatoms. The molecule has 0 saturated heterocycles. The van der Waals surface area contributed by atoms with Crippen molar-refractivity contribution in [3.05, 3.63) is 87.8 Å². The largest absolute Gasteiger partial charge is 0.310 e. The molecular formula is C25H23N7O2S2. The van der Waals surface area contributed by atoms with Crippen molar-refractivity contribution in [1.29, 1.82) is 5.41 Å². The third-order valence-electron chi connectivity index (χ3n) is 5.44. The lowest BCUT2D eigenvalue weighted by atomic mass is 10.1. The SMILES string of the molecule is CC(C)Cn1c(=N)c(C(=O)Nc2nnc(SCc3ccccc3)s2)cc2c(=O)n3ccccc3nc21. The summed E-state index contributed by atoms with van der Waals surface area (Å²) in [4.78, 5) is 31.1. The molecule has 0 spiro atoms. The molecule has 1 amide bonds. The van der Waals surface area contributed by atoms with Crippen molar-refractivity contribution < 1.29 is 4.79 Å². The molecule has 5 aromatic rings. The molecule has 182 valence electrons. The van der Waals surface area contributed by atoms with E-state index in [9.17, 15) is 9.59 Å². The third-order valence-corrected chi connectivity index (χ3v) is 7.49. The minimum atomic E-state index is -0.521.